The van der Waals surface area contributed by atoms with Gasteiger partial charge >= 0.3 is 0 Å². The summed E-state index contributed by atoms with van der Waals surface area (Å²) < 4.78 is 0. The fourth-order valence-electron chi connectivity index (χ4n) is 1.40. The number of carbonyl (C=O) groups is 2. The first-order valence-corrected chi connectivity index (χ1v) is 4.91. The maximum absolute atomic E-state index is 11.5. The van der Waals surface area contributed by atoms with E-state index in [0.717, 1.165) is 4.90 Å². The number of rotatable bonds is 1. The van der Waals surface area contributed by atoms with Gasteiger partial charge in [-0.15, -0.1) is 0 Å². The molecule has 1 aliphatic rings. The third kappa shape index (κ3) is 1.76. The predicted molar refractivity (Wildman–Crippen MR) is 57.3 cm³/mol. The van der Waals surface area contributed by atoms with Crippen LogP contribution in [0.1, 0.15) is 34.6 Å². The number of carbonyl (C=O) groups excluding carboxylic acids is 2. The van der Waals surface area contributed by atoms with Crippen LogP contribution in [-0.2, 0) is 0 Å². The molecule has 1 aromatic carbocycles. The molecule has 0 unspecified atom stereocenters. The molecule has 15 heavy (non-hydrogen) atoms. The van der Waals surface area contributed by atoms with Crippen LogP contribution < -0.4 is 5.73 Å². The van der Waals surface area contributed by atoms with Crippen molar-refractivity contribution in [1.29, 1.82) is 0 Å². The van der Waals surface area contributed by atoms with Crippen LogP contribution in [0.2, 0.25) is 0 Å². The number of fused-ring (bicyclic) bond motifs is 1. The predicted octanol–water partition coefficient (Wildman–Crippen LogP) is 1.22. The van der Waals surface area contributed by atoms with Crippen LogP contribution in [0.25, 0.3) is 0 Å². The maximum atomic E-state index is 11.5. The fourth-order valence-corrected chi connectivity index (χ4v) is 1.40. The SMILES string of the molecule is CC.NCN1C(=O)c2ccccc2C1=O. The molecule has 2 N–H and O–H groups in total. The molecule has 0 saturated carbocycles. The van der Waals surface area contributed by atoms with Crippen molar-refractivity contribution >= 4 is 11.8 Å². The molecule has 80 valence electrons. The van der Waals surface area contributed by atoms with E-state index in [0.29, 0.717) is 11.1 Å². The molecule has 0 aliphatic carbocycles. The van der Waals surface area contributed by atoms with Crippen molar-refractivity contribution in [3.05, 3.63) is 35.4 Å². The van der Waals surface area contributed by atoms with Crippen LogP contribution in [0, 0.1) is 0 Å². The summed E-state index contributed by atoms with van der Waals surface area (Å²) in [6, 6.07) is 6.71. The van der Waals surface area contributed by atoms with Crippen LogP contribution >= 0.6 is 0 Å². The Morgan fingerprint density at radius 1 is 1.07 bits per heavy atom. The third-order valence-corrected chi connectivity index (χ3v) is 2.06. The molecule has 0 radical (unpaired) electrons. The highest BCUT2D eigenvalue weighted by Gasteiger charge is 2.33. The molecule has 0 saturated heterocycles. The smallest absolute Gasteiger partial charge is 0.262 e. The van der Waals surface area contributed by atoms with Crippen LogP contribution in [0.5, 0.6) is 0 Å². The zero-order valence-electron chi connectivity index (χ0n) is 8.86. The van der Waals surface area contributed by atoms with E-state index >= 15 is 0 Å². The standard InChI is InChI=1S/C9H8N2O2.C2H6/c10-5-11-8(12)6-3-1-2-4-7(6)9(11)13;1-2/h1-4H,5,10H2;1-2H3. The van der Waals surface area contributed by atoms with E-state index in [2.05, 4.69) is 0 Å². The van der Waals surface area contributed by atoms with Gasteiger partial charge in [-0.2, -0.15) is 0 Å². The Hall–Kier alpha value is -1.68. The topological polar surface area (TPSA) is 63.4 Å². The maximum Gasteiger partial charge on any atom is 0.262 e. The second kappa shape index (κ2) is 4.70. The van der Waals surface area contributed by atoms with Crippen molar-refractivity contribution in [1.82, 2.24) is 4.90 Å². The van der Waals surface area contributed by atoms with Gasteiger partial charge in [0, 0.05) is 0 Å². The van der Waals surface area contributed by atoms with Crippen molar-refractivity contribution in [3.8, 4) is 0 Å². The van der Waals surface area contributed by atoms with E-state index < -0.39 is 0 Å². The summed E-state index contributed by atoms with van der Waals surface area (Å²) in [5.41, 5.74) is 6.16. The molecule has 1 aromatic rings. The van der Waals surface area contributed by atoms with Crippen molar-refractivity contribution in [2.75, 3.05) is 6.67 Å². The second-order valence-corrected chi connectivity index (χ2v) is 2.77. The Morgan fingerprint density at radius 2 is 1.47 bits per heavy atom. The molecule has 0 atom stereocenters. The highest BCUT2D eigenvalue weighted by Crippen LogP contribution is 2.20. The van der Waals surface area contributed by atoms with E-state index in [9.17, 15) is 9.59 Å². The molecule has 1 heterocycles. The van der Waals surface area contributed by atoms with Gasteiger partial charge in [-0.1, -0.05) is 26.0 Å². The molecule has 0 spiro atoms. The van der Waals surface area contributed by atoms with Gasteiger partial charge in [-0.3, -0.25) is 14.5 Å². The summed E-state index contributed by atoms with van der Waals surface area (Å²) in [7, 11) is 0. The van der Waals surface area contributed by atoms with Gasteiger partial charge in [0.25, 0.3) is 11.8 Å². The summed E-state index contributed by atoms with van der Waals surface area (Å²) in [6.45, 7) is 3.94. The van der Waals surface area contributed by atoms with Gasteiger partial charge < -0.3 is 5.73 Å². The molecule has 2 amide bonds. The first-order chi connectivity index (χ1) is 7.25. The van der Waals surface area contributed by atoms with E-state index in [1.54, 1.807) is 24.3 Å². The van der Waals surface area contributed by atoms with Crippen LogP contribution in [0.4, 0.5) is 0 Å². The van der Waals surface area contributed by atoms with Gasteiger partial charge in [0.15, 0.2) is 0 Å². The average molecular weight is 206 g/mol. The normalized spacial score (nSPS) is 13.4. The molecule has 4 heteroatoms. The van der Waals surface area contributed by atoms with Crippen molar-refractivity contribution in [2.24, 2.45) is 5.73 Å². The Bertz CT molecular complexity index is 353. The van der Waals surface area contributed by atoms with E-state index in [1.807, 2.05) is 13.8 Å². The molecular weight excluding hydrogens is 192 g/mol. The molecule has 0 aromatic heterocycles. The van der Waals surface area contributed by atoms with Gasteiger partial charge in [-0.25, -0.2) is 0 Å². The van der Waals surface area contributed by atoms with Gasteiger partial charge in [0.1, 0.15) is 0 Å². The van der Waals surface area contributed by atoms with Crippen LogP contribution in [0.15, 0.2) is 24.3 Å². The van der Waals surface area contributed by atoms with E-state index in [1.165, 1.54) is 0 Å². The Kier molecular flexibility index (Phi) is 3.57. The number of nitrogens with zero attached hydrogens (tertiary/aromatic N) is 1. The molecule has 1 aliphatic heterocycles. The summed E-state index contributed by atoms with van der Waals surface area (Å²) in [5, 5.41) is 0. The zero-order valence-corrected chi connectivity index (χ0v) is 8.86. The molecule has 0 fully saturated rings. The lowest BCUT2D eigenvalue weighted by Gasteiger charge is -2.08. The lowest BCUT2D eigenvalue weighted by atomic mass is 10.1. The summed E-state index contributed by atoms with van der Waals surface area (Å²) in [6.07, 6.45) is 0. The number of benzene rings is 1. The molecule has 2 rings (SSSR count). The number of imide groups is 1. The molecule has 4 nitrogen and oxygen atoms in total. The van der Waals surface area contributed by atoms with Gasteiger partial charge in [-0.05, 0) is 12.1 Å². The van der Waals surface area contributed by atoms with Gasteiger partial charge in [0.05, 0.1) is 17.8 Å². The highest BCUT2D eigenvalue weighted by atomic mass is 16.2. The largest absolute Gasteiger partial charge is 0.313 e. The monoisotopic (exact) mass is 206 g/mol. The Balaban J connectivity index is 0.000000531. The first kappa shape index (κ1) is 11.4. The first-order valence-electron chi connectivity index (χ1n) is 4.91. The quantitative estimate of drug-likeness (QED) is 0.703. The summed E-state index contributed by atoms with van der Waals surface area (Å²) in [5.74, 6) is -0.605. The van der Waals surface area contributed by atoms with Crippen LogP contribution in [0.3, 0.4) is 0 Å². The Morgan fingerprint density at radius 3 is 1.80 bits per heavy atom. The zero-order chi connectivity index (χ0) is 11.4. The Labute approximate surface area is 88.7 Å². The second-order valence-electron chi connectivity index (χ2n) is 2.77. The minimum Gasteiger partial charge on any atom is -0.313 e. The van der Waals surface area contributed by atoms with E-state index in [-0.39, 0.29) is 18.5 Å². The van der Waals surface area contributed by atoms with Crippen molar-refractivity contribution in [3.63, 3.8) is 0 Å². The third-order valence-electron chi connectivity index (χ3n) is 2.06. The minimum absolute atomic E-state index is 0.0631. The number of amides is 2. The number of nitrogens with two attached hydrogens (primary N) is 1. The van der Waals surface area contributed by atoms with E-state index in [4.69, 9.17) is 5.73 Å². The lowest BCUT2D eigenvalue weighted by molar-refractivity contribution is 0.0658. The number of hydrogen-bond donors (Lipinski definition) is 1. The average Bonchev–Trinajstić information content (AvgIpc) is 2.55. The molecular formula is C11H14N2O2. The van der Waals surface area contributed by atoms with Crippen molar-refractivity contribution in [2.45, 2.75) is 13.8 Å². The fraction of sp³-hybridized carbons (Fsp3) is 0.273. The lowest BCUT2D eigenvalue weighted by Crippen LogP contribution is -2.34. The van der Waals surface area contributed by atoms with Crippen molar-refractivity contribution < 1.29 is 9.59 Å². The van der Waals surface area contributed by atoms with Gasteiger partial charge in [0.2, 0.25) is 0 Å². The minimum atomic E-state index is -0.303. The number of hydrogen-bond acceptors (Lipinski definition) is 3. The summed E-state index contributed by atoms with van der Waals surface area (Å²) in [4.78, 5) is 24.0. The highest BCUT2D eigenvalue weighted by molar-refractivity contribution is 6.21. The van der Waals surface area contributed by atoms with Crippen LogP contribution in [-0.4, -0.2) is 23.4 Å². The molecule has 0 bridgehead atoms. The summed E-state index contributed by atoms with van der Waals surface area (Å²) >= 11 is 0.